The molecule has 0 spiro atoms. The van der Waals surface area contributed by atoms with Crippen molar-refractivity contribution in [1.29, 1.82) is 0 Å². The van der Waals surface area contributed by atoms with Crippen molar-refractivity contribution in [2.75, 3.05) is 58.9 Å². The Kier molecular flexibility index (Phi) is 8.64. The molecule has 2 aliphatic rings. The van der Waals surface area contributed by atoms with E-state index in [2.05, 4.69) is 31.9 Å². The van der Waals surface area contributed by atoms with Crippen LogP contribution in [0.2, 0.25) is 0 Å². The normalized spacial score (nSPS) is 18.3. The van der Waals surface area contributed by atoms with Gasteiger partial charge < -0.3 is 19.7 Å². The minimum atomic E-state index is -2.95. The van der Waals surface area contributed by atoms with Crippen molar-refractivity contribution in [2.45, 2.75) is 25.3 Å². The summed E-state index contributed by atoms with van der Waals surface area (Å²) >= 11 is 0. The summed E-state index contributed by atoms with van der Waals surface area (Å²) in [7, 11) is 3.65. The van der Waals surface area contributed by atoms with Gasteiger partial charge in [-0.1, -0.05) is 24.0 Å². The third kappa shape index (κ3) is 6.73. The zero-order chi connectivity index (χ0) is 29.0. The number of carbonyl (C=O) groups excluding carboxylic acids is 1. The first-order chi connectivity index (χ1) is 19.7. The number of hydrogen-bond acceptors (Lipinski definition) is 6. The molecule has 7 nitrogen and oxygen atoms in total. The Morgan fingerprint density at radius 3 is 2.66 bits per heavy atom. The topological polar surface area (TPSA) is 66.9 Å². The number of halogens is 2. The number of nitrogens with zero attached hydrogens (tertiary/aromatic N) is 3. The molecule has 2 heterocycles. The van der Waals surface area contributed by atoms with Crippen LogP contribution < -0.4 is 10.1 Å². The fourth-order valence-corrected chi connectivity index (χ4v) is 5.21. The van der Waals surface area contributed by atoms with Gasteiger partial charge in [0.15, 0.2) is 0 Å². The van der Waals surface area contributed by atoms with Gasteiger partial charge in [0, 0.05) is 79.9 Å². The Hall–Kier alpha value is -3.84. The Morgan fingerprint density at radius 1 is 1.07 bits per heavy atom. The first-order valence-electron chi connectivity index (χ1n) is 13.7. The number of amides is 1. The third-order valence-corrected chi connectivity index (χ3v) is 7.60. The van der Waals surface area contributed by atoms with E-state index >= 15 is 8.78 Å². The maximum atomic E-state index is 15.1. The fourth-order valence-electron chi connectivity index (χ4n) is 5.21. The van der Waals surface area contributed by atoms with Crippen molar-refractivity contribution in [2.24, 2.45) is 0 Å². The summed E-state index contributed by atoms with van der Waals surface area (Å²) in [6.45, 7) is 6.03. The highest BCUT2D eigenvalue weighted by Crippen LogP contribution is 2.50. The number of aryl methyl sites for hydroxylation is 1. The number of piperazine rings is 1. The van der Waals surface area contributed by atoms with E-state index in [4.69, 9.17) is 9.47 Å². The van der Waals surface area contributed by atoms with Crippen molar-refractivity contribution in [3.05, 3.63) is 88.2 Å². The molecule has 1 unspecified atom stereocenters. The molecule has 1 aliphatic carbocycles. The lowest BCUT2D eigenvalue weighted by atomic mass is 10.0. The minimum Gasteiger partial charge on any atom is -0.490 e. The average molecular weight is 561 g/mol. The number of rotatable bonds is 7. The zero-order valence-corrected chi connectivity index (χ0v) is 23.5. The van der Waals surface area contributed by atoms with E-state index in [1.165, 1.54) is 6.07 Å². The number of ether oxygens (including phenoxy) is 2. The molecule has 2 aromatic carbocycles. The predicted octanol–water partition coefficient (Wildman–Crippen LogP) is 4.85. The number of alkyl halides is 2. The van der Waals surface area contributed by atoms with Gasteiger partial charge in [0.2, 0.25) is 0 Å². The summed E-state index contributed by atoms with van der Waals surface area (Å²) in [5, 5.41) is 2.80. The number of benzene rings is 2. The second-order valence-electron chi connectivity index (χ2n) is 10.6. The summed E-state index contributed by atoms with van der Waals surface area (Å²) in [6.07, 6.45) is 3.01. The predicted molar refractivity (Wildman–Crippen MR) is 153 cm³/mol. The fraction of sp³-hybridized carbons (Fsp3) is 0.375. The quantitative estimate of drug-likeness (QED) is 0.329. The Labute approximate surface area is 239 Å². The van der Waals surface area contributed by atoms with Crippen LogP contribution in [0.5, 0.6) is 5.75 Å². The van der Waals surface area contributed by atoms with E-state index in [0.717, 1.165) is 31.7 Å². The Bertz CT molecular complexity index is 1480. The van der Waals surface area contributed by atoms with Gasteiger partial charge in [-0.05, 0) is 55.4 Å². The van der Waals surface area contributed by atoms with Crippen LogP contribution in [-0.4, -0.2) is 74.2 Å². The molecule has 1 fully saturated rings. The van der Waals surface area contributed by atoms with Gasteiger partial charge in [0.25, 0.3) is 11.8 Å². The Morgan fingerprint density at radius 2 is 1.88 bits per heavy atom. The van der Waals surface area contributed by atoms with Crippen molar-refractivity contribution < 1.29 is 23.0 Å². The smallest absolute Gasteiger partial charge is 0.275 e. The third-order valence-electron chi connectivity index (χ3n) is 7.60. The average Bonchev–Trinajstić information content (AvgIpc) is 3.23. The molecule has 3 aromatic rings. The highest BCUT2D eigenvalue weighted by molar-refractivity contribution is 6.04. The number of carbonyl (C=O) groups is 1. The molecule has 0 radical (unpaired) electrons. The molecule has 1 saturated heterocycles. The second kappa shape index (κ2) is 12.4. The van der Waals surface area contributed by atoms with Gasteiger partial charge in [0.05, 0.1) is 12.8 Å². The molecule has 5 rings (SSSR count). The van der Waals surface area contributed by atoms with Crippen LogP contribution in [0.15, 0.2) is 54.9 Å². The van der Waals surface area contributed by atoms with Gasteiger partial charge in [-0.25, -0.2) is 8.78 Å². The number of nitrogens with one attached hydrogen (secondary N) is 1. The van der Waals surface area contributed by atoms with Crippen LogP contribution in [0.4, 0.5) is 14.5 Å². The number of fused-ring (bicyclic) bond motifs is 1. The first kappa shape index (κ1) is 28.7. The van der Waals surface area contributed by atoms with Crippen LogP contribution >= 0.6 is 0 Å². The van der Waals surface area contributed by atoms with E-state index < -0.39 is 5.92 Å². The highest BCUT2D eigenvalue weighted by atomic mass is 19.3. The molecule has 0 bridgehead atoms. The molecule has 41 heavy (non-hydrogen) atoms. The molecule has 1 N–H and O–H groups in total. The molecular weight excluding hydrogens is 526 g/mol. The number of likely N-dealkylation sites (N-methyl/N-ethyl adjacent to an activating group) is 1. The van der Waals surface area contributed by atoms with E-state index in [9.17, 15) is 4.79 Å². The van der Waals surface area contributed by atoms with Crippen molar-refractivity contribution in [3.8, 4) is 17.6 Å². The number of hydrogen-bond donors (Lipinski definition) is 1. The van der Waals surface area contributed by atoms with Crippen molar-refractivity contribution in [1.82, 2.24) is 14.8 Å². The van der Waals surface area contributed by atoms with Gasteiger partial charge in [-0.15, -0.1) is 0 Å². The molecule has 1 amide bonds. The number of anilines is 1. The van der Waals surface area contributed by atoms with Crippen LogP contribution in [0.1, 0.15) is 50.6 Å². The molecule has 214 valence electrons. The lowest BCUT2D eigenvalue weighted by Gasteiger charge is -2.36. The number of methoxy groups -OCH3 is 1. The van der Waals surface area contributed by atoms with Crippen molar-refractivity contribution in [3.63, 3.8) is 0 Å². The second-order valence-corrected chi connectivity index (χ2v) is 10.6. The van der Waals surface area contributed by atoms with Gasteiger partial charge >= 0.3 is 0 Å². The molecule has 0 saturated carbocycles. The van der Waals surface area contributed by atoms with E-state index in [-0.39, 0.29) is 23.9 Å². The van der Waals surface area contributed by atoms with Crippen molar-refractivity contribution >= 4 is 11.6 Å². The van der Waals surface area contributed by atoms with Crippen LogP contribution in [-0.2, 0) is 10.7 Å². The lowest BCUT2D eigenvalue weighted by molar-refractivity contribution is -0.0257. The Balaban J connectivity index is 1.30. The van der Waals surface area contributed by atoms with Gasteiger partial charge in [-0.3, -0.25) is 14.7 Å². The van der Waals surface area contributed by atoms with Crippen LogP contribution in [0.3, 0.4) is 0 Å². The monoisotopic (exact) mass is 560 g/mol. The SMILES string of the molecule is COCCOc1cncc(C#Cc2cc(C(=O)Nc3ccc4c(c3)C(F)(F)CC4N3CCN(C)CC3)ccc2C)c1. The maximum absolute atomic E-state index is 15.1. The van der Waals surface area contributed by atoms with E-state index in [0.29, 0.717) is 46.9 Å². The maximum Gasteiger partial charge on any atom is 0.275 e. The first-order valence-corrected chi connectivity index (χ1v) is 13.7. The summed E-state index contributed by atoms with van der Waals surface area (Å²) < 4.78 is 40.8. The largest absolute Gasteiger partial charge is 0.490 e. The molecule has 9 heteroatoms. The molecule has 1 aromatic heterocycles. The summed E-state index contributed by atoms with van der Waals surface area (Å²) in [5.41, 5.74) is 3.63. The van der Waals surface area contributed by atoms with Crippen LogP contribution in [0.25, 0.3) is 0 Å². The molecule has 1 atom stereocenters. The number of pyridine rings is 1. The van der Waals surface area contributed by atoms with E-state index in [1.807, 2.05) is 20.0 Å². The van der Waals surface area contributed by atoms with E-state index in [1.54, 1.807) is 49.8 Å². The van der Waals surface area contributed by atoms with Crippen LogP contribution in [0, 0.1) is 18.8 Å². The zero-order valence-electron chi connectivity index (χ0n) is 23.5. The minimum absolute atomic E-state index is 0.00303. The highest BCUT2D eigenvalue weighted by Gasteiger charge is 2.47. The summed E-state index contributed by atoms with van der Waals surface area (Å²) in [5.74, 6) is 3.44. The molecular formula is C32H34F2N4O3. The summed E-state index contributed by atoms with van der Waals surface area (Å²) in [4.78, 5) is 21.7. The van der Waals surface area contributed by atoms with Gasteiger partial charge in [-0.2, -0.15) is 0 Å². The number of aromatic nitrogens is 1. The molecule has 1 aliphatic heterocycles. The van der Waals surface area contributed by atoms with Gasteiger partial charge in [0.1, 0.15) is 12.4 Å². The standard InChI is InChI=1S/C32H34F2N4O3/c1-22-4-6-25(17-24(22)7-5-23-16-27(21-35-20-23)41-15-14-40-3)31(39)36-26-8-9-28-29(18-26)32(33,34)19-30(28)38-12-10-37(2)11-13-38/h4,6,8-9,16-18,20-21,30H,10-15,19H2,1-3H3,(H,36,39). The lowest BCUT2D eigenvalue weighted by Crippen LogP contribution is -2.45. The summed E-state index contributed by atoms with van der Waals surface area (Å²) in [6, 6.07) is 11.6.